The number of fused-ring (bicyclic) bond motifs is 1. The highest BCUT2D eigenvalue weighted by atomic mass is 16.6. The van der Waals surface area contributed by atoms with E-state index in [2.05, 4.69) is 34.6 Å². The van der Waals surface area contributed by atoms with Crippen molar-refractivity contribution in [1.29, 1.82) is 0 Å². The number of hydrogen-bond donors (Lipinski definition) is 3. The second kappa shape index (κ2) is 17.0. The summed E-state index contributed by atoms with van der Waals surface area (Å²) in [4.78, 5) is 14.2. The highest BCUT2D eigenvalue weighted by Crippen LogP contribution is 2.44. The summed E-state index contributed by atoms with van der Waals surface area (Å²) in [5, 5.41) is 27.1. The minimum absolute atomic E-state index is 0.0719. The van der Waals surface area contributed by atoms with Gasteiger partial charge in [0.15, 0.2) is 23.2 Å². The van der Waals surface area contributed by atoms with Gasteiger partial charge in [-0.1, -0.05) is 146 Å². The third kappa shape index (κ3) is 7.17. The number of benzene rings is 6. The molecule has 11 heteroatoms. The van der Waals surface area contributed by atoms with Crippen LogP contribution in [0.2, 0.25) is 0 Å². The van der Waals surface area contributed by atoms with E-state index in [1.54, 1.807) is 25.1 Å². The average molecular weight is 812 g/mol. The molecular weight excluding hydrogens is 767 g/mol. The topological polar surface area (TPSA) is 133 Å². The maximum atomic E-state index is 11.7. The second-order valence-electron chi connectivity index (χ2n) is 14.9. The van der Waals surface area contributed by atoms with E-state index in [1.807, 2.05) is 146 Å². The zero-order chi connectivity index (χ0) is 41.8. The normalized spacial score (nSPS) is 17.9. The van der Waals surface area contributed by atoms with Crippen LogP contribution in [0.15, 0.2) is 183 Å². The molecule has 3 N–H and O–H groups in total. The minimum Gasteiger partial charge on any atom is -0.497 e. The molecule has 2 aromatic heterocycles. The zero-order valence-electron chi connectivity index (χ0n) is 33.7. The van der Waals surface area contributed by atoms with Crippen LogP contribution in [0.4, 0.5) is 5.82 Å². The van der Waals surface area contributed by atoms with Crippen molar-refractivity contribution >= 4 is 17.0 Å². The Morgan fingerprint density at radius 1 is 0.574 bits per heavy atom. The quantitative estimate of drug-likeness (QED) is 0.0933. The largest absolute Gasteiger partial charge is 0.497 e. The maximum Gasteiger partial charge on any atom is 0.167 e. The van der Waals surface area contributed by atoms with Gasteiger partial charge in [0.25, 0.3) is 0 Å². The van der Waals surface area contributed by atoms with Crippen LogP contribution in [0.1, 0.15) is 39.6 Å². The summed E-state index contributed by atoms with van der Waals surface area (Å²) in [6.45, 7) is -0.0719. The third-order valence-corrected chi connectivity index (χ3v) is 11.5. The summed E-state index contributed by atoms with van der Waals surface area (Å²) in [5.74, 6) is 1.89. The first kappa shape index (κ1) is 39.6. The van der Waals surface area contributed by atoms with E-state index in [1.165, 1.54) is 6.33 Å². The summed E-state index contributed by atoms with van der Waals surface area (Å²) in [6.07, 6.45) is -1.60. The van der Waals surface area contributed by atoms with Gasteiger partial charge in [0.1, 0.15) is 47.3 Å². The molecule has 0 bridgehead atoms. The average Bonchev–Trinajstić information content (AvgIpc) is 3.89. The van der Waals surface area contributed by atoms with Crippen molar-refractivity contribution in [2.75, 3.05) is 26.1 Å². The number of ether oxygens (including phenoxy) is 4. The number of imidazole rings is 1. The molecule has 306 valence electrons. The van der Waals surface area contributed by atoms with Crippen LogP contribution in [0.3, 0.4) is 0 Å². The lowest BCUT2D eigenvalue weighted by Crippen LogP contribution is -2.39. The fraction of sp³-hybridized carbons (Fsp3) is 0.180. The fourth-order valence-electron chi connectivity index (χ4n) is 8.47. The number of aliphatic hydroxyl groups excluding tert-OH is 2. The molecule has 0 aliphatic carbocycles. The molecule has 9 rings (SSSR count). The number of hydrogen-bond acceptors (Lipinski definition) is 10. The number of methoxy groups -OCH3 is 2. The van der Waals surface area contributed by atoms with Crippen molar-refractivity contribution in [2.45, 2.75) is 35.7 Å². The maximum absolute atomic E-state index is 11.7. The summed E-state index contributed by atoms with van der Waals surface area (Å²) in [7, 11) is 3.28. The van der Waals surface area contributed by atoms with Gasteiger partial charge in [-0.25, -0.2) is 15.0 Å². The number of aliphatic hydroxyl groups is 2. The molecular formula is C50H45N5O6. The smallest absolute Gasteiger partial charge is 0.167 e. The van der Waals surface area contributed by atoms with E-state index in [0.717, 1.165) is 39.1 Å². The van der Waals surface area contributed by atoms with Gasteiger partial charge < -0.3 is 34.5 Å². The van der Waals surface area contributed by atoms with E-state index in [9.17, 15) is 10.2 Å². The zero-order valence-corrected chi connectivity index (χ0v) is 33.7. The minimum atomic E-state index is -1.34. The summed E-state index contributed by atoms with van der Waals surface area (Å²) >= 11 is 0. The van der Waals surface area contributed by atoms with E-state index >= 15 is 0 Å². The van der Waals surface area contributed by atoms with Crippen molar-refractivity contribution in [1.82, 2.24) is 19.5 Å². The lowest BCUT2D eigenvalue weighted by Gasteiger charge is -2.37. The van der Waals surface area contributed by atoms with Gasteiger partial charge >= 0.3 is 0 Å². The summed E-state index contributed by atoms with van der Waals surface area (Å²) in [5.41, 5.74) is 4.29. The standard InChI is InChI=1S/C50H45N5O6/c1-58-40-27-23-36(24-28-40)49(34-15-7-3-8-16-34,35-17-9-4-10-18-35)54-46-43-47(52-32-51-46)55(33-53-43)48-45(57)44(56)42(61-48)31-60-50(37-19-11-5-12-20-37,38-21-13-6-14-22-38)39-25-29-41(59-2)30-26-39/h3-30,32-33,42,44-45,48,56-57H,31H2,1-2H3,(H,51,52,54)/t42-,44?,45?,48-/m1/s1. The monoisotopic (exact) mass is 811 g/mol. The van der Waals surface area contributed by atoms with Crippen molar-refractivity contribution in [3.05, 3.63) is 216 Å². The predicted octanol–water partition coefficient (Wildman–Crippen LogP) is 7.88. The molecule has 6 aromatic carbocycles. The third-order valence-electron chi connectivity index (χ3n) is 11.5. The van der Waals surface area contributed by atoms with Crippen molar-refractivity contribution in [2.24, 2.45) is 0 Å². The second-order valence-corrected chi connectivity index (χ2v) is 14.9. The number of nitrogens with zero attached hydrogens (tertiary/aromatic N) is 4. The van der Waals surface area contributed by atoms with Crippen LogP contribution in [0.5, 0.6) is 11.5 Å². The fourth-order valence-corrected chi connectivity index (χ4v) is 8.47. The lowest BCUT2D eigenvalue weighted by atomic mass is 9.77. The van der Waals surface area contributed by atoms with E-state index in [4.69, 9.17) is 28.9 Å². The molecule has 0 amide bonds. The van der Waals surface area contributed by atoms with Crippen LogP contribution in [0.25, 0.3) is 11.2 Å². The van der Waals surface area contributed by atoms with Crippen LogP contribution in [0, 0.1) is 0 Å². The first-order chi connectivity index (χ1) is 30.0. The molecule has 4 atom stereocenters. The Kier molecular flexibility index (Phi) is 11.0. The van der Waals surface area contributed by atoms with Gasteiger partial charge in [-0.2, -0.15) is 0 Å². The van der Waals surface area contributed by atoms with Gasteiger partial charge in [0.2, 0.25) is 0 Å². The molecule has 0 radical (unpaired) electrons. The number of anilines is 1. The van der Waals surface area contributed by atoms with Crippen LogP contribution >= 0.6 is 0 Å². The lowest BCUT2D eigenvalue weighted by molar-refractivity contribution is -0.0942. The summed E-state index contributed by atoms with van der Waals surface area (Å²) in [6, 6.07) is 55.9. The van der Waals surface area contributed by atoms with E-state index in [0.29, 0.717) is 22.7 Å². The van der Waals surface area contributed by atoms with Gasteiger partial charge in [0.05, 0.1) is 27.2 Å². The Morgan fingerprint density at radius 3 is 1.54 bits per heavy atom. The van der Waals surface area contributed by atoms with Gasteiger partial charge in [-0.05, 0) is 57.6 Å². The van der Waals surface area contributed by atoms with Crippen LogP contribution in [-0.2, 0) is 20.6 Å². The number of rotatable bonds is 14. The van der Waals surface area contributed by atoms with Crippen LogP contribution < -0.4 is 14.8 Å². The Labute approximate surface area is 353 Å². The predicted molar refractivity (Wildman–Crippen MR) is 232 cm³/mol. The van der Waals surface area contributed by atoms with Crippen molar-refractivity contribution in [3.8, 4) is 11.5 Å². The SMILES string of the molecule is COc1ccc(C(Nc2ncnc3c2ncn3[C@@H]2O[C@H](COC(c3ccccc3)(c3ccccc3)c3ccc(OC)cc3)C(O)C2O)(c2ccccc2)c2ccccc2)cc1. The van der Waals surface area contributed by atoms with E-state index < -0.39 is 35.7 Å². The Bertz CT molecular complexity index is 2590. The Balaban J connectivity index is 1.07. The molecule has 0 saturated carbocycles. The van der Waals surface area contributed by atoms with Gasteiger partial charge in [-0.15, -0.1) is 0 Å². The number of nitrogens with one attached hydrogen (secondary N) is 1. The molecule has 0 spiro atoms. The van der Waals surface area contributed by atoms with Crippen LogP contribution in [-0.4, -0.2) is 68.9 Å². The molecule has 11 nitrogen and oxygen atoms in total. The molecule has 1 saturated heterocycles. The van der Waals surface area contributed by atoms with E-state index in [-0.39, 0.29) is 6.61 Å². The number of aromatic nitrogens is 4. The highest BCUT2D eigenvalue weighted by molar-refractivity contribution is 5.84. The van der Waals surface area contributed by atoms with Gasteiger partial charge in [-0.3, -0.25) is 4.57 Å². The summed E-state index contributed by atoms with van der Waals surface area (Å²) < 4.78 is 26.2. The molecule has 1 aliphatic heterocycles. The molecule has 1 aliphatic rings. The molecule has 2 unspecified atom stereocenters. The molecule has 1 fully saturated rings. The molecule has 61 heavy (non-hydrogen) atoms. The van der Waals surface area contributed by atoms with Gasteiger partial charge in [0, 0.05) is 0 Å². The first-order valence-electron chi connectivity index (χ1n) is 20.1. The molecule has 3 heterocycles. The van der Waals surface area contributed by atoms with Crippen molar-refractivity contribution in [3.63, 3.8) is 0 Å². The molecule has 8 aromatic rings. The first-order valence-corrected chi connectivity index (χ1v) is 20.1. The Morgan fingerprint density at radius 2 is 1.03 bits per heavy atom. The highest BCUT2D eigenvalue weighted by Gasteiger charge is 2.47. The van der Waals surface area contributed by atoms with Crippen molar-refractivity contribution < 1.29 is 29.2 Å². The Hall–Kier alpha value is -6.89.